The summed E-state index contributed by atoms with van der Waals surface area (Å²) in [5.41, 5.74) is 0. The van der Waals surface area contributed by atoms with Gasteiger partial charge in [-0.3, -0.25) is 4.79 Å². The molecule has 0 aliphatic heterocycles. The van der Waals surface area contributed by atoms with E-state index >= 15 is 0 Å². The van der Waals surface area contributed by atoms with Gasteiger partial charge in [0.05, 0.1) is 6.10 Å². The molecule has 0 saturated heterocycles. The number of hydrogen-bond donors (Lipinski definition) is 1. The van der Waals surface area contributed by atoms with E-state index in [-0.39, 0.29) is 6.10 Å². The standard InChI is InChI=1S/C19H40N2O2/c1-5-20(6-2)17-18(22)15-13-11-9-10-12-14-16-19(23)21(7-3)8-4/h18,22H,5-17H2,1-4H3. The first-order chi connectivity index (χ1) is 11.1. The zero-order valence-corrected chi connectivity index (χ0v) is 16.0. The van der Waals surface area contributed by atoms with Crippen molar-refractivity contribution in [2.75, 3.05) is 32.7 Å². The monoisotopic (exact) mass is 328 g/mol. The van der Waals surface area contributed by atoms with Crippen LogP contribution in [0.3, 0.4) is 0 Å². The van der Waals surface area contributed by atoms with Crippen LogP contribution in [0.1, 0.15) is 79.1 Å². The molecule has 0 rings (SSSR count). The highest BCUT2D eigenvalue weighted by molar-refractivity contribution is 5.75. The number of unbranched alkanes of at least 4 members (excludes halogenated alkanes) is 5. The minimum atomic E-state index is -0.179. The predicted molar refractivity (Wildman–Crippen MR) is 98.7 cm³/mol. The van der Waals surface area contributed by atoms with Crippen LogP contribution in [0.15, 0.2) is 0 Å². The maximum absolute atomic E-state index is 11.8. The Bertz CT molecular complexity index is 277. The van der Waals surface area contributed by atoms with Crippen LogP contribution in [-0.2, 0) is 4.79 Å². The van der Waals surface area contributed by atoms with E-state index in [1.54, 1.807) is 0 Å². The van der Waals surface area contributed by atoms with Gasteiger partial charge in [-0.05, 0) is 39.8 Å². The maximum Gasteiger partial charge on any atom is 0.222 e. The van der Waals surface area contributed by atoms with Crippen LogP contribution in [0.5, 0.6) is 0 Å². The number of carbonyl (C=O) groups excluding carboxylic acids is 1. The molecule has 0 heterocycles. The number of rotatable bonds is 15. The Morgan fingerprint density at radius 1 is 0.826 bits per heavy atom. The van der Waals surface area contributed by atoms with Crippen molar-refractivity contribution in [3.63, 3.8) is 0 Å². The molecule has 0 aromatic rings. The van der Waals surface area contributed by atoms with Crippen LogP contribution in [-0.4, -0.2) is 59.6 Å². The van der Waals surface area contributed by atoms with Gasteiger partial charge in [-0.15, -0.1) is 0 Å². The lowest BCUT2D eigenvalue weighted by Gasteiger charge is -2.21. The third-order valence-corrected chi connectivity index (χ3v) is 4.66. The van der Waals surface area contributed by atoms with Crippen LogP contribution < -0.4 is 0 Å². The first kappa shape index (κ1) is 22.4. The highest BCUT2D eigenvalue weighted by Crippen LogP contribution is 2.11. The average Bonchev–Trinajstić information content (AvgIpc) is 2.56. The van der Waals surface area contributed by atoms with Crippen LogP contribution in [0, 0.1) is 0 Å². The molecule has 1 unspecified atom stereocenters. The molecule has 0 radical (unpaired) electrons. The van der Waals surface area contributed by atoms with Gasteiger partial charge in [0.25, 0.3) is 0 Å². The summed E-state index contributed by atoms with van der Waals surface area (Å²) in [4.78, 5) is 16.0. The molecular weight excluding hydrogens is 288 g/mol. The molecule has 4 nitrogen and oxygen atoms in total. The Morgan fingerprint density at radius 2 is 1.35 bits per heavy atom. The summed E-state index contributed by atoms with van der Waals surface area (Å²) in [6.07, 6.45) is 8.33. The number of likely N-dealkylation sites (N-methyl/N-ethyl adjacent to an activating group) is 1. The van der Waals surface area contributed by atoms with Gasteiger partial charge < -0.3 is 14.9 Å². The number of amides is 1. The lowest BCUT2D eigenvalue weighted by molar-refractivity contribution is -0.130. The van der Waals surface area contributed by atoms with Crippen LogP contribution >= 0.6 is 0 Å². The molecule has 0 fully saturated rings. The number of hydrogen-bond acceptors (Lipinski definition) is 3. The Morgan fingerprint density at radius 3 is 1.87 bits per heavy atom. The summed E-state index contributed by atoms with van der Waals surface area (Å²) in [6.45, 7) is 12.8. The second kappa shape index (κ2) is 14.9. The van der Waals surface area contributed by atoms with Gasteiger partial charge in [0, 0.05) is 26.1 Å². The lowest BCUT2D eigenvalue weighted by Crippen LogP contribution is -2.32. The molecule has 0 aromatic heterocycles. The molecule has 0 spiro atoms. The van der Waals surface area contributed by atoms with E-state index in [4.69, 9.17) is 0 Å². The van der Waals surface area contributed by atoms with Gasteiger partial charge in [-0.1, -0.05) is 46.0 Å². The second-order valence-electron chi connectivity index (χ2n) is 6.37. The molecule has 0 aliphatic carbocycles. The molecule has 4 heteroatoms. The predicted octanol–water partition coefficient (Wildman–Crippen LogP) is 3.68. The summed E-state index contributed by atoms with van der Waals surface area (Å²) in [7, 11) is 0. The van der Waals surface area contributed by atoms with E-state index in [1.165, 1.54) is 19.3 Å². The zero-order valence-electron chi connectivity index (χ0n) is 16.0. The third-order valence-electron chi connectivity index (χ3n) is 4.66. The fraction of sp³-hybridized carbons (Fsp3) is 0.947. The summed E-state index contributed by atoms with van der Waals surface area (Å²) in [6, 6.07) is 0. The van der Waals surface area contributed by atoms with E-state index in [9.17, 15) is 9.90 Å². The maximum atomic E-state index is 11.8. The minimum Gasteiger partial charge on any atom is -0.392 e. The van der Waals surface area contributed by atoms with E-state index < -0.39 is 0 Å². The molecular formula is C19H40N2O2. The zero-order chi connectivity index (χ0) is 17.5. The van der Waals surface area contributed by atoms with Crippen molar-refractivity contribution in [3.8, 4) is 0 Å². The molecule has 1 N–H and O–H groups in total. The Hall–Kier alpha value is -0.610. The van der Waals surface area contributed by atoms with Crippen LogP contribution in [0.4, 0.5) is 0 Å². The van der Waals surface area contributed by atoms with Crippen molar-refractivity contribution < 1.29 is 9.90 Å². The molecule has 0 aliphatic rings. The topological polar surface area (TPSA) is 43.8 Å². The molecule has 1 atom stereocenters. The van der Waals surface area contributed by atoms with Gasteiger partial charge in [0.2, 0.25) is 5.91 Å². The Kier molecular flexibility index (Phi) is 14.6. The van der Waals surface area contributed by atoms with Gasteiger partial charge in [-0.25, -0.2) is 0 Å². The smallest absolute Gasteiger partial charge is 0.222 e. The summed E-state index contributed by atoms with van der Waals surface area (Å²) < 4.78 is 0. The molecule has 1 amide bonds. The van der Waals surface area contributed by atoms with Crippen molar-refractivity contribution in [1.82, 2.24) is 9.80 Å². The normalized spacial score (nSPS) is 12.6. The average molecular weight is 329 g/mol. The first-order valence-corrected chi connectivity index (χ1v) is 9.77. The summed E-state index contributed by atoms with van der Waals surface area (Å²) in [5, 5.41) is 10.00. The summed E-state index contributed by atoms with van der Waals surface area (Å²) in [5.74, 6) is 0.300. The highest BCUT2D eigenvalue weighted by atomic mass is 16.3. The fourth-order valence-electron chi connectivity index (χ4n) is 2.97. The Balaban J connectivity index is 3.48. The number of aliphatic hydroxyl groups excluding tert-OH is 1. The molecule has 23 heavy (non-hydrogen) atoms. The number of aliphatic hydroxyl groups is 1. The van der Waals surface area contributed by atoms with Gasteiger partial charge in [0.1, 0.15) is 0 Å². The molecule has 138 valence electrons. The van der Waals surface area contributed by atoms with Crippen LogP contribution in [0.25, 0.3) is 0 Å². The second-order valence-corrected chi connectivity index (χ2v) is 6.37. The van der Waals surface area contributed by atoms with E-state index in [0.29, 0.717) is 12.3 Å². The molecule has 0 saturated carbocycles. The van der Waals surface area contributed by atoms with Gasteiger partial charge >= 0.3 is 0 Å². The summed E-state index contributed by atoms with van der Waals surface area (Å²) >= 11 is 0. The van der Waals surface area contributed by atoms with Crippen molar-refractivity contribution >= 4 is 5.91 Å². The third kappa shape index (κ3) is 11.5. The van der Waals surface area contributed by atoms with Crippen molar-refractivity contribution in [2.45, 2.75) is 85.2 Å². The van der Waals surface area contributed by atoms with Crippen LogP contribution in [0.2, 0.25) is 0 Å². The molecule has 0 aromatic carbocycles. The van der Waals surface area contributed by atoms with E-state index in [2.05, 4.69) is 18.7 Å². The largest absolute Gasteiger partial charge is 0.392 e. The van der Waals surface area contributed by atoms with Crippen molar-refractivity contribution in [2.24, 2.45) is 0 Å². The fourth-order valence-corrected chi connectivity index (χ4v) is 2.97. The lowest BCUT2D eigenvalue weighted by atomic mass is 10.1. The van der Waals surface area contributed by atoms with Crippen molar-refractivity contribution in [3.05, 3.63) is 0 Å². The van der Waals surface area contributed by atoms with Crippen molar-refractivity contribution in [1.29, 1.82) is 0 Å². The highest BCUT2D eigenvalue weighted by Gasteiger charge is 2.09. The SMILES string of the molecule is CCN(CC)CC(O)CCCCCCCCC(=O)N(CC)CC. The number of nitrogens with zero attached hydrogens (tertiary/aromatic N) is 2. The first-order valence-electron chi connectivity index (χ1n) is 9.77. The quantitative estimate of drug-likeness (QED) is 0.466. The Labute approximate surface area is 144 Å². The van der Waals surface area contributed by atoms with E-state index in [1.807, 2.05) is 18.7 Å². The van der Waals surface area contributed by atoms with E-state index in [0.717, 1.165) is 58.4 Å². The molecule has 0 bridgehead atoms. The minimum absolute atomic E-state index is 0.179. The van der Waals surface area contributed by atoms with Gasteiger partial charge in [-0.2, -0.15) is 0 Å². The van der Waals surface area contributed by atoms with Gasteiger partial charge in [0.15, 0.2) is 0 Å². The number of carbonyl (C=O) groups is 1.